The van der Waals surface area contributed by atoms with Crippen LogP contribution in [-0.2, 0) is 6.54 Å². The van der Waals surface area contributed by atoms with Crippen LogP contribution in [-0.4, -0.2) is 16.9 Å². The average Bonchev–Trinajstić information content (AvgIpc) is 3.25. The molecule has 0 saturated heterocycles. The molecule has 4 nitrogen and oxygen atoms in total. The molecule has 1 aromatic heterocycles. The van der Waals surface area contributed by atoms with E-state index < -0.39 is 0 Å². The van der Waals surface area contributed by atoms with Crippen LogP contribution in [0.2, 0.25) is 0 Å². The van der Waals surface area contributed by atoms with Gasteiger partial charge in [-0.1, -0.05) is 17.9 Å². The number of hydrogen-bond acceptors (Lipinski definition) is 5. The van der Waals surface area contributed by atoms with E-state index in [1.165, 1.54) is 12.8 Å². The minimum atomic E-state index is 0.542. The van der Waals surface area contributed by atoms with E-state index in [2.05, 4.69) is 33.0 Å². The topological polar surface area (TPSA) is 63.6 Å². The Bertz CT molecular complexity index is 790. The van der Waals surface area contributed by atoms with Gasteiger partial charge in [-0.3, -0.25) is 4.99 Å². The van der Waals surface area contributed by atoms with Crippen molar-refractivity contribution in [3.05, 3.63) is 51.5 Å². The lowest BCUT2D eigenvalue weighted by atomic mass is 10.0. The van der Waals surface area contributed by atoms with Gasteiger partial charge in [-0.2, -0.15) is 5.10 Å². The van der Waals surface area contributed by atoms with Gasteiger partial charge in [-0.25, -0.2) is 4.98 Å². The number of hydrogen-bond donors (Lipinski definition) is 1. The summed E-state index contributed by atoms with van der Waals surface area (Å²) in [6.45, 7) is 2.58. The van der Waals surface area contributed by atoms with Crippen molar-refractivity contribution in [1.29, 1.82) is 0 Å². The van der Waals surface area contributed by atoms with Crippen LogP contribution >= 0.6 is 11.3 Å². The first-order chi connectivity index (χ1) is 11.3. The molecule has 23 heavy (non-hydrogen) atoms. The molecule has 1 saturated carbocycles. The molecule has 2 N–H and O–H groups in total. The Morgan fingerprint density at radius 2 is 2.35 bits per heavy atom. The summed E-state index contributed by atoms with van der Waals surface area (Å²) in [4.78, 5) is 8.58. The molecule has 1 aliphatic carbocycles. The molecular weight excluding hydrogens is 304 g/mol. The van der Waals surface area contributed by atoms with Crippen molar-refractivity contribution in [3.63, 3.8) is 0 Å². The number of rotatable bonds is 4. The van der Waals surface area contributed by atoms with Gasteiger partial charge in [0.05, 0.1) is 6.54 Å². The lowest BCUT2D eigenvalue weighted by Crippen LogP contribution is -2.08. The highest BCUT2D eigenvalue weighted by Crippen LogP contribution is 2.27. The van der Waals surface area contributed by atoms with E-state index in [4.69, 9.17) is 5.84 Å². The van der Waals surface area contributed by atoms with Gasteiger partial charge in [0.2, 0.25) is 0 Å². The lowest BCUT2D eigenvalue weighted by molar-refractivity contribution is 1.05. The molecule has 0 bridgehead atoms. The van der Waals surface area contributed by atoms with Gasteiger partial charge in [0.25, 0.3) is 0 Å². The molecule has 0 aliphatic heterocycles. The molecule has 2 aromatic rings. The van der Waals surface area contributed by atoms with Crippen molar-refractivity contribution in [2.45, 2.75) is 26.3 Å². The average molecular weight is 322 g/mol. The number of aliphatic imine (C=N–C) groups is 1. The third kappa shape index (κ3) is 4.27. The largest absolute Gasteiger partial charge is 0.323 e. The summed E-state index contributed by atoms with van der Waals surface area (Å²) in [6.07, 6.45) is 5.96. The van der Waals surface area contributed by atoms with Crippen LogP contribution in [0.3, 0.4) is 0 Å². The third-order valence-corrected chi connectivity index (χ3v) is 4.33. The maximum Gasteiger partial charge on any atom is 0.114 e. The van der Waals surface area contributed by atoms with Crippen molar-refractivity contribution in [2.75, 3.05) is 0 Å². The summed E-state index contributed by atoms with van der Waals surface area (Å²) in [5, 5.41) is 6.78. The van der Waals surface area contributed by atoms with Crippen LogP contribution in [0, 0.1) is 24.7 Å². The quantitative estimate of drug-likeness (QED) is 0.407. The van der Waals surface area contributed by atoms with Crippen LogP contribution in [0.1, 0.15) is 34.5 Å². The van der Waals surface area contributed by atoms with Gasteiger partial charge >= 0.3 is 0 Å². The fourth-order valence-corrected chi connectivity index (χ4v) is 2.71. The van der Waals surface area contributed by atoms with Crippen molar-refractivity contribution in [2.24, 2.45) is 21.9 Å². The fraction of sp³-hybridized carbons (Fsp3) is 0.278. The lowest BCUT2D eigenvalue weighted by Gasteiger charge is -2.05. The molecule has 1 aliphatic rings. The highest BCUT2D eigenvalue weighted by molar-refractivity contribution is 7.09. The molecule has 0 atom stereocenters. The Kier molecular flexibility index (Phi) is 4.84. The third-order valence-electron chi connectivity index (χ3n) is 3.56. The first-order valence-electron chi connectivity index (χ1n) is 7.55. The van der Waals surface area contributed by atoms with E-state index in [9.17, 15) is 0 Å². The number of nitrogens with zero attached hydrogens (tertiary/aromatic N) is 3. The van der Waals surface area contributed by atoms with Crippen molar-refractivity contribution in [1.82, 2.24) is 4.98 Å². The Hall–Kier alpha value is -2.45. The number of benzene rings is 1. The standard InChI is InChI=1S/C18H18N4S/c1-13-10-15(5-4-14-2-3-14)6-7-16(13)17(22-19)11-20-12-18-21-8-9-23-18/h6-11,14H,2-3,12,19H2,1H3/b20-11?,22-17+. The maximum absolute atomic E-state index is 5.53. The molecule has 0 radical (unpaired) electrons. The Morgan fingerprint density at radius 3 is 3.00 bits per heavy atom. The first-order valence-corrected chi connectivity index (χ1v) is 8.43. The number of aryl methyl sites for hydroxylation is 1. The summed E-state index contributed by atoms with van der Waals surface area (Å²) in [5.74, 6) is 12.6. The fourth-order valence-electron chi connectivity index (χ4n) is 2.16. The van der Waals surface area contributed by atoms with E-state index in [1.54, 1.807) is 23.7 Å². The molecule has 1 aromatic carbocycles. The van der Waals surface area contributed by atoms with E-state index in [-0.39, 0.29) is 0 Å². The summed E-state index contributed by atoms with van der Waals surface area (Å²) in [5.41, 5.74) is 3.78. The summed E-state index contributed by atoms with van der Waals surface area (Å²) < 4.78 is 0. The van der Waals surface area contributed by atoms with Gasteiger partial charge in [-0.05, 0) is 37.5 Å². The Balaban J connectivity index is 1.73. The number of hydrazone groups is 1. The van der Waals surface area contributed by atoms with Crippen LogP contribution in [0.25, 0.3) is 0 Å². The zero-order chi connectivity index (χ0) is 16.1. The minimum Gasteiger partial charge on any atom is -0.323 e. The predicted molar refractivity (Wildman–Crippen MR) is 95.8 cm³/mol. The molecule has 116 valence electrons. The summed E-state index contributed by atoms with van der Waals surface area (Å²) in [7, 11) is 0. The summed E-state index contributed by atoms with van der Waals surface area (Å²) >= 11 is 1.58. The second-order valence-corrected chi connectivity index (χ2v) is 6.46. The molecule has 3 rings (SSSR count). The molecule has 1 heterocycles. The zero-order valence-electron chi connectivity index (χ0n) is 13.0. The van der Waals surface area contributed by atoms with Crippen molar-refractivity contribution >= 4 is 23.3 Å². The van der Waals surface area contributed by atoms with Gasteiger partial charge in [0.1, 0.15) is 10.7 Å². The van der Waals surface area contributed by atoms with Gasteiger partial charge in [0.15, 0.2) is 0 Å². The van der Waals surface area contributed by atoms with Gasteiger partial charge in [0, 0.05) is 34.8 Å². The second kappa shape index (κ2) is 7.21. The van der Waals surface area contributed by atoms with Crippen LogP contribution in [0.4, 0.5) is 0 Å². The predicted octanol–water partition coefficient (Wildman–Crippen LogP) is 3.15. The number of nitrogens with two attached hydrogens (primary N) is 1. The Morgan fingerprint density at radius 1 is 1.48 bits per heavy atom. The van der Waals surface area contributed by atoms with Crippen LogP contribution in [0.5, 0.6) is 0 Å². The van der Waals surface area contributed by atoms with Crippen molar-refractivity contribution < 1.29 is 0 Å². The molecular formula is C18H18N4S. The molecule has 0 unspecified atom stereocenters. The first kappa shape index (κ1) is 15.4. The SMILES string of the molecule is Cc1cc(C#CC2CC2)ccc1/C(C=NCc1nccs1)=N/N. The van der Waals surface area contributed by atoms with Crippen LogP contribution in [0.15, 0.2) is 39.9 Å². The normalized spacial score (nSPS) is 14.7. The molecule has 1 fully saturated rings. The van der Waals surface area contributed by atoms with E-state index >= 15 is 0 Å². The van der Waals surface area contributed by atoms with E-state index in [0.717, 1.165) is 21.7 Å². The molecule has 5 heteroatoms. The minimum absolute atomic E-state index is 0.542. The maximum atomic E-state index is 5.53. The highest BCUT2D eigenvalue weighted by atomic mass is 32.1. The van der Waals surface area contributed by atoms with E-state index in [0.29, 0.717) is 18.2 Å². The Labute approximate surface area is 140 Å². The smallest absolute Gasteiger partial charge is 0.114 e. The van der Waals surface area contributed by atoms with Crippen LogP contribution < -0.4 is 5.84 Å². The van der Waals surface area contributed by atoms with Crippen molar-refractivity contribution in [3.8, 4) is 11.8 Å². The zero-order valence-corrected chi connectivity index (χ0v) is 13.8. The molecule has 0 spiro atoms. The molecule has 0 amide bonds. The van der Waals surface area contributed by atoms with Gasteiger partial charge < -0.3 is 5.84 Å². The summed E-state index contributed by atoms with van der Waals surface area (Å²) in [6, 6.07) is 6.09. The second-order valence-electron chi connectivity index (χ2n) is 5.48. The monoisotopic (exact) mass is 322 g/mol. The number of aromatic nitrogens is 1. The van der Waals surface area contributed by atoms with Gasteiger partial charge in [-0.15, -0.1) is 11.3 Å². The number of thiazole rings is 1. The highest BCUT2D eigenvalue weighted by Gasteiger charge is 2.17. The van der Waals surface area contributed by atoms with E-state index in [1.807, 2.05) is 24.4 Å².